The summed E-state index contributed by atoms with van der Waals surface area (Å²) < 4.78 is 10.2. The SMILES string of the molecule is CCCCCCCCCCCCCCCCC(=O)OC[C@@H](O)COC(=O)C/C=C\C[C@H]1[C@@H](/C=C/[C@H](O)CCCCC)[C@H](O)C[C@@H]1O. The third-order valence-corrected chi connectivity index (χ3v) is 9.04. The molecule has 0 spiro atoms. The molecule has 6 atom stereocenters. The molecule has 0 aliphatic heterocycles. The van der Waals surface area contributed by atoms with Gasteiger partial charge in [-0.3, -0.25) is 9.59 Å². The number of aliphatic hydroxyl groups is 4. The Bertz CT molecular complexity index is 813. The average molecular weight is 653 g/mol. The van der Waals surface area contributed by atoms with E-state index in [1.54, 1.807) is 18.2 Å². The lowest BCUT2D eigenvalue weighted by Crippen LogP contribution is -2.25. The molecule has 0 aromatic heterocycles. The smallest absolute Gasteiger partial charge is 0.309 e. The van der Waals surface area contributed by atoms with Gasteiger partial charge in [-0.2, -0.15) is 0 Å². The zero-order valence-electron chi connectivity index (χ0n) is 29.2. The first kappa shape index (κ1) is 42.3. The first-order valence-corrected chi connectivity index (χ1v) is 18.6. The number of hydrogen-bond donors (Lipinski definition) is 4. The van der Waals surface area contributed by atoms with Crippen molar-refractivity contribution < 1.29 is 39.5 Å². The first-order valence-electron chi connectivity index (χ1n) is 18.6. The lowest BCUT2D eigenvalue weighted by Gasteiger charge is -2.19. The van der Waals surface area contributed by atoms with Gasteiger partial charge in [0.05, 0.1) is 24.7 Å². The highest BCUT2D eigenvalue weighted by Crippen LogP contribution is 2.36. The Labute approximate surface area is 280 Å². The van der Waals surface area contributed by atoms with E-state index in [0.717, 1.165) is 38.5 Å². The van der Waals surface area contributed by atoms with Gasteiger partial charge in [0.15, 0.2) is 0 Å². The van der Waals surface area contributed by atoms with E-state index in [2.05, 4.69) is 13.8 Å². The van der Waals surface area contributed by atoms with Crippen molar-refractivity contribution in [3.05, 3.63) is 24.3 Å². The average Bonchev–Trinajstić information content (AvgIpc) is 3.31. The molecular formula is C38H68O8. The second-order valence-corrected chi connectivity index (χ2v) is 13.3. The van der Waals surface area contributed by atoms with Crippen LogP contribution in [0.1, 0.15) is 155 Å². The van der Waals surface area contributed by atoms with Gasteiger partial charge in [-0.05, 0) is 25.2 Å². The highest BCUT2D eigenvalue weighted by atomic mass is 16.6. The van der Waals surface area contributed by atoms with Crippen molar-refractivity contribution in [1.29, 1.82) is 0 Å². The fourth-order valence-corrected chi connectivity index (χ4v) is 6.12. The molecule has 0 bridgehead atoms. The summed E-state index contributed by atoms with van der Waals surface area (Å²) in [5.74, 6) is -1.32. The molecule has 8 nitrogen and oxygen atoms in total. The van der Waals surface area contributed by atoms with Gasteiger partial charge in [0, 0.05) is 18.8 Å². The van der Waals surface area contributed by atoms with E-state index in [0.29, 0.717) is 19.3 Å². The minimum atomic E-state index is -1.08. The molecule has 8 heteroatoms. The van der Waals surface area contributed by atoms with Gasteiger partial charge in [-0.15, -0.1) is 0 Å². The van der Waals surface area contributed by atoms with Crippen LogP contribution in [0, 0.1) is 11.8 Å². The van der Waals surface area contributed by atoms with Crippen molar-refractivity contribution in [3.63, 3.8) is 0 Å². The standard InChI is InChI=1S/C38H68O8/c1-3-5-7-8-9-10-11-12-13-14-15-16-17-19-24-37(43)45-29-32(40)30-46-38(44)25-21-20-23-33-34(36(42)28-35(33)41)27-26-31(39)22-18-6-4-2/h20-21,26-27,31-36,39-42H,3-19,22-25,28-30H2,1-2H3/b21-20-,27-26+/t31-,32-,33+,34-,35+,36-/m1/s1. The molecule has 0 saturated heterocycles. The van der Waals surface area contributed by atoms with Crippen molar-refractivity contribution in [2.45, 2.75) is 180 Å². The summed E-state index contributed by atoms with van der Waals surface area (Å²) in [6.07, 6.45) is 26.4. The second-order valence-electron chi connectivity index (χ2n) is 13.3. The van der Waals surface area contributed by atoms with Gasteiger partial charge in [-0.1, -0.05) is 141 Å². The molecule has 1 aliphatic carbocycles. The van der Waals surface area contributed by atoms with Gasteiger partial charge < -0.3 is 29.9 Å². The topological polar surface area (TPSA) is 134 Å². The third kappa shape index (κ3) is 21.9. The van der Waals surface area contributed by atoms with Crippen LogP contribution in [0.5, 0.6) is 0 Å². The highest BCUT2D eigenvalue weighted by Gasteiger charge is 2.39. The summed E-state index contributed by atoms with van der Waals surface area (Å²) in [6, 6.07) is 0. The minimum Gasteiger partial charge on any atom is -0.463 e. The van der Waals surface area contributed by atoms with E-state index in [1.165, 1.54) is 70.6 Å². The summed E-state index contributed by atoms with van der Waals surface area (Å²) in [7, 11) is 0. The molecule has 0 unspecified atom stereocenters. The second kappa shape index (κ2) is 28.3. The number of ether oxygens (including phenoxy) is 2. The normalized spacial score (nSPS) is 21.3. The minimum absolute atomic E-state index is 0.00759. The maximum Gasteiger partial charge on any atom is 0.309 e. The van der Waals surface area contributed by atoms with E-state index >= 15 is 0 Å². The molecular weight excluding hydrogens is 584 g/mol. The van der Waals surface area contributed by atoms with E-state index in [1.807, 2.05) is 6.08 Å². The molecule has 0 aromatic rings. The van der Waals surface area contributed by atoms with Crippen LogP contribution in [-0.4, -0.2) is 70.0 Å². The van der Waals surface area contributed by atoms with Crippen LogP contribution in [0.15, 0.2) is 24.3 Å². The number of allylic oxidation sites excluding steroid dienone is 1. The number of carbonyl (C=O) groups excluding carboxylic acids is 2. The highest BCUT2D eigenvalue weighted by molar-refractivity contribution is 5.71. The first-order chi connectivity index (χ1) is 22.3. The predicted octanol–water partition coefficient (Wildman–Crippen LogP) is 7.50. The van der Waals surface area contributed by atoms with Crippen LogP contribution in [-0.2, 0) is 19.1 Å². The maximum absolute atomic E-state index is 12.1. The number of aliphatic hydroxyl groups excluding tert-OH is 4. The van der Waals surface area contributed by atoms with Crippen LogP contribution >= 0.6 is 0 Å². The van der Waals surface area contributed by atoms with Crippen LogP contribution < -0.4 is 0 Å². The quantitative estimate of drug-likeness (QED) is 0.0371. The Morgan fingerprint density at radius 1 is 0.696 bits per heavy atom. The van der Waals surface area contributed by atoms with Gasteiger partial charge in [-0.25, -0.2) is 0 Å². The molecule has 1 saturated carbocycles. The zero-order chi connectivity index (χ0) is 33.8. The van der Waals surface area contributed by atoms with Crippen molar-refractivity contribution in [1.82, 2.24) is 0 Å². The van der Waals surface area contributed by atoms with Crippen molar-refractivity contribution in [3.8, 4) is 0 Å². The molecule has 0 heterocycles. The summed E-state index contributed by atoms with van der Waals surface area (Å²) >= 11 is 0. The molecule has 0 aromatic carbocycles. The van der Waals surface area contributed by atoms with E-state index in [-0.39, 0.29) is 43.9 Å². The molecule has 1 rings (SSSR count). The maximum atomic E-state index is 12.1. The fraction of sp³-hybridized carbons (Fsp3) is 0.842. The van der Waals surface area contributed by atoms with Gasteiger partial charge in [0.1, 0.15) is 19.3 Å². The van der Waals surface area contributed by atoms with E-state index in [9.17, 15) is 30.0 Å². The van der Waals surface area contributed by atoms with Gasteiger partial charge >= 0.3 is 11.9 Å². The fourth-order valence-electron chi connectivity index (χ4n) is 6.12. The molecule has 268 valence electrons. The summed E-state index contributed by atoms with van der Waals surface area (Å²) in [4.78, 5) is 24.1. The third-order valence-electron chi connectivity index (χ3n) is 9.04. The number of carbonyl (C=O) groups is 2. The molecule has 0 radical (unpaired) electrons. The van der Waals surface area contributed by atoms with Crippen LogP contribution in [0.2, 0.25) is 0 Å². The monoisotopic (exact) mass is 652 g/mol. The number of esters is 2. The van der Waals surface area contributed by atoms with Crippen molar-refractivity contribution in [2.24, 2.45) is 11.8 Å². The predicted molar refractivity (Wildman–Crippen MR) is 184 cm³/mol. The molecule has 4 N–H and O–H groups in total. The van der Waals surface area contributed by atoms with Crippen LogP contribution in [0.4, 0.5) is 0 Å². The zero-order valence-corrected chi connectivity index (χ0v) is 29.2. The Balaban J connectivity index is 2.09. The summed E-state index contributed by atoms with van der Waals surface area (Å²) in [5, 5.41) is 41.0. The molecule has 1 aliphatic rings. The Kier molecular flexibility index (Phi) is 26.0. The van der Waals surface area contributed by atoms with E-state index in [4.69, 9.17) is 9.47 Å². The van der Waals surface area contributed by atoms with Gasteiger partial charge in [0.2, 0.25) is 0 Å². The summed E-state index contributed by atoms with van der Waals surface area (Å²) in [5.41, 5.74) is 0. The van der Waals surface area contributed by atoms with Crippen LogP contribution in [0.3, 0.4) is 0 Å². The Morgan fingerprint density at radius 2 is 1.22 bits per heavy atom. The molecule has 1 fully saturated rings. The van der Waals surface area contributed by atoms with E-state index < -0.39 is 30.4 Å². The molecule has 46 heavy (non-hydrogen) atoms. The number of hydrogen-bond acceptors (Lipinski definition) is 8. The lowest BCUT2D eigenvalue weighted by molar-refractivity contribution is -0.151. The van der Waals surface area contributed by atoms with Crippen molar-refractivity contribution >= 4 is 11.9 Å². The lowest BCUT2D eigenvalue weighted by atomic mass is 9.89. The largest absolute Gasteiger partial charge is 0.463 e. The van der Waals surface area contributed by atoms with Crippen LogP contribution in [0.25, 0.3) is 0 Å². The Morgan fingerprint density at radius 3 is 1.80 bits per heavy atom. The number of unbranched alkanes of at least 4 members (excludes halogenated alkanes) is 15. The number of rotatable bonds is 29. The van der Waals surface area contributed by atoms with Crippen molar-refractivity contribution in [2.75, 3.05) is 13.2 Å². The molecule has 0 amide bonds. The Hall–Kier alpha value is -1.74. The summed E-state index contributed by atoms with van der Waals surface area (Å²) in [6.45, 7) is 3.91. The van der Waals surface area contributed by atoms with Gasteiger partial charge in [0.25, 0.3) is 0 Å².